The molecule has 0 unspecified atom stereocenters. The molecule has 0 spiro atoms. The SMILES string of the molecule is COc1ccc(N[C@@H](C#Cc2ccc(C(C)(C)C)cc2)C(F)(F)F)cc1. The molecule has 0 fully saturated rings. The van der Waals surface area contributed by atoms with E-state index in [1.165, 1.54) is 19.2 Å². The Morgan fingerprint density at radius 3 is 1.96 bits per heavy atom. The van der Waals surface area contributed by atoms with E-state index >= 15 is 0 Å². The van der Waals surface area contributed by atoms with Gasteiger partial charge in [-0.2, -0.15) is 13.2 Å². The number of hydrogen-bond donors (Lipinski definition) is 1. The molecule has 0 bridgehead atoms. The molecule has 1 N–H and O–H groups in total. The van der Waals surface area contributed by atoms with Crippen LogP contribution in [0.3, 0.4) is 0 Å². The third-order valence-electron chi connectivity index (χ3n) is 3.84. The van der Waals surface area contributed by atoms with Gasteiger partial charge in [0.15, 0.2) is 6.04 Å². The van der Waals surface area contributed by atoms with Crippen molar-refractivity contribution >= 4 is 5.69 Å². The summed E-state index contributed by atoms with van der Waals surface area (Å²) in [4.78, 5) is 0. The highest BCUT2D eigenvalue weighted by molar-refractivity contribution is 5.50. The highest BCUT2D eigenvalue weighted by Crippen LogP contribution is 2.25. The lowest BCUT2D eigenvalue weighted by Crippen LogP contribution is -2.34. The largest absolute Gasteiger partial charge is 0.497 e. The number of anilines is 1. The molecule has 0 aliphatic heterocycles. The predicted molar refractivity (Wildman–Crippen MR) is 98.5 cm³/mol. The van der Waals surface area contributed by atoms with Crippen LogP contribution in [-0.2, 0) is 5.41 Å². The van der Waals surface area contributed by atoms with Crippen molar-refractivity contribution in [3.8, 4) is 17.6 Å². The van der Waals surface area contributed by atoms with E-state index in [9.17, 15) is 13.2 Å². The van der Waals surface area contributed by atoms with Crippen LogP contribution >= 0.6 is 0 Å². The van der Waals surface area contributed by atoms with Crippen LogP contribution in [0, 0.1) is 11.8 Å². The number of benzene rings is 2. The number of ether oxygens (including phenoxy) is 1. The summed E-state index contributed by atoms with van der Waals surface area (Å²) in [6.45, 7) is 6.23. The second-order valence-corrected chi connectivity index (χ2v) is 6.94. The summed E-state index contributed by atoms with van der Waals surface area (Å²) in [6, 6.07) is 11.5. The van der Waals surface area contributed by atoms with Crippen LogP contribution in [-0.4, -0.2) is 19.3 Å². The van der Waals surface area contributed by atoms with E-state index in [0.29, 0.717) is 17.0 Å². The van der Waals surface area contributed by atoms with Crippen molar-refractivity contribution in [3.63, 3.8) is 0 Å². The zero-order valence-electron chi connectivity index (χ0n) is 15.2. The molecule has 0 aromatic heterocycles. The summed E-state index contributed by atoms with van der Waals surface area (Å²) >= 11 is 0. The van der Waals surface area contributed by atoms with Crippen molar-refractivity contribution in [2.45, 2.75) is 38.4 Å². The Morgan fingerprint density at radius 1 is 0.923 bits per heavy atom. The lowest BCUT2D eigenvalue weighted by molar-refractivity contribution is -0.130. The average molecular weight is 361 g/mol. The predicted octanol–water partition coefficient (Wildman–Crippen LogP) is 5.39. The Morgan fingerprint density at radius 2 is 1.50 bits per heavy atom. The average Bonchev–Trinajstić information content (AvgIpc) is 2.57. The van der Waals surface area contributed by atoms with Gasteiger partial charge in [0.1, 0.15) is 5.75 Å². The van der Waals surface area contributed by atoms with Gasteiger partial charge in [0.2, 0.25) is 0 Å². The molecule has 0 saturated carbocycles. The monoisotopic (exact) mass is 361 g/mol. The van der Waals surface area contributed by atoms with Crippen molar-refractivity contribution in [3.05, 3.63) is 59.7 Å². The molecule has 2 aromatic rings. The first-order chi connectivity index (χ1) is 12.1. The molecule has 0 radical (unpaired) electrons. The standard InChI is InChI=1S/C21H22F3NO/c1-20(2,3)16-8-5-15(6-9-16)7-14-19(21(22,23)24)25-17-10-12-18(26-4)13-11-17/h5-6,8-13,19,25H,1-4H3/t19-/m0/s1. The first-order valence-corrected chi connectivity index (χ1v) is 8.19. The molecule has 26 heavy (non-hydrogen) atoms. The van der Waals surface area contributed by atoms with Gasteiger partial charge in [-0.25, -0.2) is 0 Å². The van der Waals surface area contributed by atoms with Crippen molar-refractivity contribution < 1.29 is 17.9 Å². The highest BCUT2D eigenvalue weighted by Gasteiger charge is 2.38. The number of nitrogens with one attached hydrogen (secondary N) is 1. The lowest BCUT2D eigenvalue weighted by Gasteiger charge is -2.19. The van der Waals surface area contributed by atoms with Crippen LogP contribution in [0.5, 0.6) is 5.75 Å². The van der Waals surface area contributed by atoms with Crippen molar-refractivity contribution in [2.24, 2.45) is 0 Å². The smallest absolute Gasteiger partial charge is 0.420 e. The van der Waals surface area contributed by atoms with Gasteiger partial charge in [0.05, 0.1) is 7.11 Å². The Balaban J connectivity index is 2.19. The fraction of sp³-hybridized carbons (Fsp3) is 0.333. The summed E-state index contributed by atoms with van der Waals surface area (Å²) in [6.07, 6.45) is -4.49. The van der Waals surface area contributed by atoms with Crippen LogP contribution in [0.15, 0.2) is 48.5 Å². The molecule has 0 aliphatic rings. The molecule has 5 heteroatoms. The van der Waals surface area contributed by atoms with Crippen LogP contribution in [0.4, 0.5) is 18.9 Å². The molecule has 2 rings (SSSR count). The number of rotatable bonds is 3. The minimum absolute atomic E-state index is 0.0175. The maximum Gasteiger partial charge on any atom is 0.420 e. The summed E-state index contributed by atoms with van der Waals surface area (Å²) in [5, 5.41) is 2.42. The van der Waals surface area contributed by atoms with Gasteiger partial charge < -0.3 is 10.1 Å². The molecule has 138 valence electrons. The topological polar surface area (TPSA) is 21.3 Å². The van der Waals surface area contributed by atoms with Crippen molar-refractivity contribution in [1.29, 1.82) is 0 Å². The lowest BCUT2D eigenvalue weighted by atomic mass is 9.87. The molecule has 0 aliphatic carbocycles. The molecule has 0 amide bonds. The Hall–Kier alpha value is -2.61. The summed E-state index contributed by atoms with van der Waals surface area (Å²) in [7, 11) is 1.50. The van der Waals surface area contributed by atoms with Gasteiger partial charge in [0, 0.05) is 11.3 Å². The van der Waals surface area contributed by atoms with Crippen molar-refractivity contribution in [2.75, 3.05) is 12.4 Å². The number of methoxy groups -OCH3 is 1. The van der Waals surface area contributed by atoms with Crippen LogP contribution in [0.2, 0.25) is 0 Å². The molecule has 1 atom stereocenters. The van der Waals surface area contributed by atoms with E-state index in [1.54, 1.807) is 24.3 Å². The minimum atomic E-state index is -4.49. The summed E-state index contributed by atoms with van der Waals surface area (Å²) in [5.41, 5.74) is 1.96. The Kier molecular flexibility index (Phi) is 5.86. The van der Waals surface area contributed by atoms with Gasteiger partial charge in [-0.3, -0.25) is 0 Å². The quantitative estimate of drug-likeness (QED) is 0.741. The molecular formula is C21H22F3NO. The molecule has 2 aromatic carbocycles. The number of hydrogen-bond acceptors (Lipinski definition) is 2. The van der Waals surface area contributed by atoms with Gasteiger partial charge in [-0.05, 0) is 47.4 Å². The van der Waals surface area contributed by atoms with Crippen LogP contribution in [0.25, 0.3) is 0 Å². The second kappa shape index (κ2) is 7.74. The zero-order valence-corrected chi connectivity index (χ0v) is 15.2. The minimum Gasteiger partial charge on any atom is -0.497 e. The van der Waals surface area contributed by atoms with Crippen LogP contribution < -0.4 is 10.1 Å². The van der Waals surface area contributed by atoms with Gasteiger partial charge in [-0.1, -0.05) is 44.7 Å². The highest BCUT2D eigenvalue weighted by atomic mass is 19.4. The van der Waals surface area contributed by atoms with E-state index in [1.807, 2.05) is 12.1 Å². The molecule has 2 nitrogen and oxygen atoms in total. The normalized spacial score (nSPS) is 12.7. The fourth-order valence-corrected chi connectivity index (χ4v) is 2.26. The first kappa shape index (κ1) is 19.7. The van der Waals surface area contributed by atoms with E-state index in [0.717, 1.165) is 5.56 Å². The van der Waals surface area contributed by atoms with Crippen molar-refractivity contribution in [1.82, 2.24) is 0 Å². The molecule has 0 saturated heterocycles. The van der Waals surface area contributed by atoms with E-state index < -0.39 is 12.2 Å². The van der Waals surface area contributed by atoms with Gasteiger partial charge >= 0.3 is 6.18 Å². The molecule has 0 heterocycles. The first-order valence-electron chi connectivity index (χ1n) is 8.19. The van der Waals surface area contributed by atoms with Gasteiger partial charge in [0.25, 0.3) is 0 Å². The van der Waals surface area contributed by atoms with E-state index in [4.69, 9.17) is 4.74 Å². The number of halogens is 3. The van der Waals surface area contributed by atoms with Gasteiger partial charge in [-0.15, -0.1) is 0 Å². The molecular weight excluding hydrogens is 339 g/mol. The Labute approximate surface area is 152 Å². The van der Waals surface area contributed by atoms with E-state index in [-0.39, 0.29) is 5.41 Å². The summed E-state index contributed by atoms with van der Waals surface area (Å²) in [5.74, 6) is 5.48. The maximum absolute atomic E-state index is 13.3. The van der Waals surface area contributed by atoms with Crippen LogP contribution in [0.1, 0.15) is 31.9 Å². The fourth-order valence-electron chi connectivity index (χ4n) is 2.26. The third kappa shape index (κ3) is 5.45. The zero-order chi connectivity index (χ0) is 19.4. The summed E-state index contributed by atoms with van der Waals surface area (Å²) < 4.78 is 44.9. The number of alkyl halides is 3. The third-order valence-corrected chi connectivity index (χ3v) is 3.84. The van der Waals surface area contributed by atoms with E-state index in [2.05, 4.69) is 37.9 Å². The Bertz CT molecular complexity index is 776. The second-order valence-electron chi connectivity index (χ2n) is 6.94. The maximum atomic E-state index is 13.3.